The number of hydrogen-bond acceptors (Lipinski definition) is 6. The van der Waals surface area contributed by atoms with E-state index in [2.05, 4.69) is 0 Å². The Morgan fingerprint density at radius 2 is 1.79 bits per heavy atom. The lowest BCUT2D eigenvalue weighted by Gasteiger charge is -2.42. The number of nitrogen functional groups attached to an aromatic ring is 1. The van der Waals surface area contributed by atoms with Gasteiger partial charge in [-0.3, -0.25) is 9.59 Å². The van der Waals surface area contributed by atoms with E-state index in [0.29, 0.717) is 22.7 Å². The molecule has 0 radical (unpaired) electrons. The van der Waals surface area contributed by atoms with Gasteiger partial charge >= 0.3 is 5.97 Å². The topological polar surface area (TPSA) is 113 Å². The number of fused-ring (bicyclic) bond motifs is 1. The average Bonchev–Trinajstić information content (AvgIpc) is 3.00. The molecule has 2 heterocycles. The number of β-lactam (4-membered cyclic amide) rings is 1. The Hall–Kier alpha value is -2.71. The van der Waals surface area contributed by atoms with Crippen LogP contribution in [0.15, 0.2) is 48.5 Å². The summed E-state index contributed by atoms with van der Waals surface area (Å²) in [5.41, 5.74) is 6.88. The van der Waals surface area contributed by atoms with Gasteiger partial charge in [-0.2, -0.15) is 0 Å². The predicted octanol–water partition coefficient (Wildman–Crippen LogP) is 2.25. The molecule has 0 aliphatic carbocycles. The third kappa shape index (κ3) is 2.89. The molecule has 4 rings (SSSR count). The number of benzene rings is 2. The monoisotopic (exact) mass is 400 g/mol. The molecule has 28 heavy (non-hydrogen) atoms. The molecule has 4 N–H and O–H groups in total. The van der Waals surface area contributed by atoms with Crippen molar-refractivity contribution in [1.82, 2.24) is 4.90 Å². The molecule has 0 bridgehead atoms. The van der Waals surface area contributed by atoms with E-state index in [1.165, 1.54) is 16.7 Å². The smallest absolute Gasteiger partial charge is 0.326 e. The molecular weight excluding hydrogens is 380 g/mol. The molecule has 2 fully saturated rings. The second-order valence-corrected chi connectivity index (χ2v) is 8.48. The van der Waals surface area contributed by atoms with Crippen LogP contribution in [0.1, 0.15) is 12.5 Å². The maximum Gasteiger partial charge on any atom is 0.326 e. The van der Waals surface area contributed by atoms with E-state index >= 15 is 0 Å². The molecule has 8 heteroatoms. The van der Waals surface area contributed by atoms with Crippen molar-refractivity contribution in [3.63, 3.8) is 0 Å². The molecule has 1 amide bonds. The second-order valence-electron chi connectivity index (χ2n) is 7.07. The number of aliphatic hydroxyl groups is 1. The molecule has 7 nitrogen and oxygen atoms in total. The standard InChI is InChI=1S/C20H20N2O5S/c1-11(23)16-17(24)22-10-20(19(25)26,28-18(16)22)12-2-6-14(7-3-12)27-15-8-4-13(21)5-9-15/h2-9,11,16,18,23H,10,21H2,1H3,(H,25,26)/t11-,16+,18-,20?/m1/s1. The van der Waals surface area contributed by atoms with Gasteiger partial charge in [0, 0.05) is 5.69 Å². The number of hydrogen-bond donors (Lipinski definition) is 3. The van der Waals surface area contributed by atoms with E-state index < -0.39 is 22.7 Å². The van der Waals surface area contributed by atoms with Gasteiger partial charge in [-0.1, -0.05) is 12.1 Å². The number of anilines is 1. The van der Waals surface area contributed by atoms with Crippen LogP contribution in [0.2, 0.25) is 0 Å². The van der Waals surface area contributed by atoms with Gasteiger partial charge < -0.3 is 25.6 Å². The Morgan fingerprint density at radius 1 is 1.21 bits per heavy atom. The van der Waals surface area contributed by atoms with Crippen molar-refractivity contribution in [3.05, 3.63) is 54.1 Å². The third-order valence-corrected chi connectivity index (χ3v) is 6.93. The van der Waals surface area contributed by atoms with E-state index in [1.807, 2.05) is 0 Å². The first-order chi connectivity index (χ1) is 13.3. The minimum Gasteiger partial charge on any atom is -0.480 e. The highest BCUT2D eigenvalue weighted by Crippen LogP contribution is 2.55. The first-order valence-corrected chi connectivity index (χ1v) is 9.73. The molecule has 1 unspecified atom stereocenters. The van der Waals surface area contributed by atoms with Crippen molar-refractivity contribution in [3.8, 4) is 11.5 Å². The zero-order valence-corrected chi connectivity index (χ0v) is 15.9. The van der Waals surface area contributed by atoms with Gasteiger partial charge in [0.05, 0.1) is 23.9 Å². The molecule has 2 aromatic rings. The SMILES string of the molecule is C[C@@H](O)[C@H]1C(=O)N2CC(C(=O)O)(c3ccc(Oc4ccc(N)cc4)cc3)S[C@H]12. The van der Waals surface area contributed by atoms with Crippen LogP contribution in [-0.2, 0) is 14.3 Å². The number of thioether (sulfide) groups is 1. The number of nitrogens with two attached hydrogens (primary N) is 1. The molecule has 2 saturated heterocycles. The number of carboxylic acids is 1. The van der Waals surface area contributed by atoms with Crippen LogP contribution < -0.4 is 10.5 Å². The van der Waals surface area contributed by atoms with E-state index in [9.17, 15) is 19.8 Å². The highest BCUT2D eigenvalue weighted by molar-refractivity contribution is 8.02. The summed E-state index contributed by atoms with van der Waals surface area (Å²) < 4.78 is 4.50. The van der Waals surface area contributed by atoms with Gasteiger partial charge in [0.1, 0.15) is 11.5 Å². The number of amides is 1. The predicted molar refractivity (Wildman–Crippen MR) is 105 cm³/mol. The van der Waals surface area contributed by atoms with E-state index in [4.69, 9.17) is 10.5 Å². The summed E-state index contributed by atoms with van der Waals surface area (Å²) in [5.74, 6) is -0.563. The summed E-state index contributed by atoms with van der Waals surface area (Å²) in [6.45, 7) is 1.64. The van der Waals surface area contributed by atoms with Crippen LogP contribution in [0.3, 0.4) is 0 Å². The van der Waals surface area contributed by atoms with Crippen molar-refractivity contribution in [2.45, 2.75) is 23.1 Å². The third-order valence-electron chi connectivity index (χ3n) is 5.20. The lowest BCUT2D eigenvalue weighted by Crippen LogP contribution is -2.60. The Balaban J connectivity index is 1.57. The van der Waals surface area contributed by atoms with E-state index in [1.54, 1.807) is 55.5 Å². The first-order valence-electron chi connectivity index (χ1n) is 8.85. The molecule has 0 aromatic heterocycles. The zero-order valence-electron chi connectivity index (χ0n) is 15.1. The fraction of sp³-hybridized carbons (Fsp3) is 0.300. The Bertz CT molecular complexity index is 915. The fourth-order valence-corrected chi connectivity index (χ4v) is 5.44. The number of carbonyl (C=O) groups excluding carboxylic acids is 1. The fourth-order valence-electron chi connectivity index (χ4n) is 3.65. The van der Waals surface area contributed by atoms with Gasteiger partial charge in [-0.25, -0.2) is 0 Å². The maximum atomic E-state index is 12.2. The van der Waals surface area contributed by atoms with Crippen LogP contribution in [0.5, 0.6) is 11.5 Å². The van der Waals surface area contributed by atoms with E-state index in [-0.39, 0.29) is 17.8 Å². The summed E-state index contributed by atoms with van der Waals surface area (Å²) in [7, 11) is 0. The van der Waals surface area contributed by atoms with Crippen LogP contribution in [0.25, 0.3) is 0 Å². The summed E-state index contributed by atoms with van der Waals surface area (Å²) in [5, 5.41) is 19.5. The minimum absolute atomic E-state index is 0.0812. The van der Waals surface area contributed by atoms with Crippen LogP contribution in [0.4, 0.5) is 5.69 Å². The second kappa shape index (κ2) is 6.72. The number of ether oxygens (including phenoxy) is 1. The normalized spacial score (nSPS) is 27.1. The molecular formula is C20H20N2O5S. The van der Waals surface area contributed by atoms with Crippen molar-refractivity contribution in [2.24, 2.45) is 5.92 Å². The number of carboxylic acid groups (broad SMARTS) is 1. The molecule has 0 saturated carbocycles. The Morgan fingerprint density at radius 3 is 2.32 bits per heavy atom. The lowest BCUT2D eigenvalue weighted by molar-refractivity contribution is -0.156. The molecule has 2 aliphatic heterocycles. The van der Waals surface area contributed by atoms with Crippen LogP contribution >= 0.6 is 11.8 Å². The Labute approximate surface area is 166 Å². The van der Waals surface area contributed by atoms with Crippen molar-refractivity contribution in [2.75, 3.05) is 12.3 Å². The van der Waals surface area contributed by atoms with Crippen molar-refractivity contribution < 1.29 is 24.5 Å². The minimum atomic E-state index is -1.26. The highest BCUT2D eigenvalue weighted by Gasteiger charge is 2.63. The summed E-state index contributed by atoms with van der Waals surface area (Å²) in [6.07, 6.45) is -0.804. The number of aliphatic carboxylic acids is 1. The highest BCUT2D eigenvalue weighted by atomic mass is 32.2. The number of rotatable bonds is 5. The summed E-state index contributed by atoms with van der Waals surface area (Å²) in [6, 6.07) is 13.8. The molecule has 2 aliphatic rings. The number of carbonyl (C=O) groups is 2. The average molecular weight is 400 g/mol. The van der Waals surface area contributed by atoms with Gasteiger partial charge in [-0.05, 0) is 48.9 Å². The van der Waals surface area contributed by atoms with Crippen molar-refractivity contribution >= 4 is 29.3 Å². The summed E-state index contributed by atoms with van der Waals surface area (Å²) >= 11 is 1.21. The van der Waals surface area contributed by atoms with E-state index in [0.717, 1.165) is 0 Å². The van der Waals surface area contributed by atoms with Gasteiger partial charge in [0.25, 0.3) is 0 Å². The Kier molecular flexibility index (Phi) is 4.47. The number of aliphatic hydroxyl groups excluding tert-OH is 1. The van der Waals surface area contributed by atoms with Crippen LogP contribution in [0, 0.1) is 5.92 Å². The van der Waals surface area contributed by atoms with Crippen molar-refractivity contribution in [1.29, 1.82) is 0 Å². The lowest BCUT2D eigenvalue weighted by atomic mass is 9.90. The molecule has 0 spiro atoms. The molecule has 146 valence electrons. The maximum absolute atomic E-state index is 12.2. The quantitative estimate of drug-likeness (QED) is 0.521. The largest absolute Gasteiger partial charge is 0.480 e. The number of nitrogens with zero attached hydrogens (tertiary/aromatic N) is 1. The van der Waals surface area contributed by atoms with Gasteiger partial charge in [0.15, 0.2) is 4.75 Å². The van der Waals surface area contributed by atoms with Gasteiger partial charge in [0.2, 0.25) is 5.91 Å². The summed E-state index contributed by atoms with van der Waals surface area (Å²) in [4.78, 5) is 25.9. The molecule has 2 aromatic carbocycles. The van der Waals surface area contributed by atoms with Gasteiger partial charge in [-0.15, -0.1) is 11.8 Å². The first kappa shape index (κ1) is 18.6. The molecule has 4 atom stereocenters. The zero-order chi connectivity index (χ0) is 20.1. The van der Waals surface area contributed by atoms with Crippen LogP contribution in [-0.4, -0.2) is 45.0 Å².